The highest BCUT2D eigenvalue weighted by Gasteiger charge is 2.12. The fourth-order valence-corrected chi connectivity index (χ4v) is 3.74. The molecular formula is C25H21Cl2NO2. The molecule has 0 aliphatic rings. The van der Waals surface area contributed by atoms with Gasteiger partial charge in [0, 0.05) is 39.3 Å². The van der Waals surface area contributed by atoms with Crippen LogP contribution in [0.15, 0.2) is 78.9 Å². The molecule has 0 unspecified atom stereocenters. The Hall–Kier alpha value is -2.88. The second-order valence-corrected chi connectivity index (χ2v) is 7.67. The summed E-state index contributed by atoms with van der Waals surface area (Å²) in [6.07, 6.45) is 0. The van der Waals surface area contributed by atoms with Gasteiger partial charge in [-0.05, 0) is 29.1 Å². The van der Waals surface area contributed by atoms with Crippen molar-refractivity contribution >= 4 is 39.7 Å². The monoisotopic (exact) mass is 437 g/mol. The van der Waals surface area contributed by atoms with E-state index in [-0.39, 0.29) is 0 Å². The number of methoxy groups -OCH3 is 1. The van der Waals surface area contributed by atoms with Crippen molar-refractivity contribution in [1.29, 1.82) is 0 Å². The SMILES string of the molecule is COc1cc(CNc2cccc3ccccc23)c(Cl)cc1OCc1ccccc1Cl. The maximum Gasteiger partial charge on any atom is 0.163 e. The zero-order valence-corrected chi connectivity index (χ0v) is 18.0. The molecule has 0 spiro atoms. The van der Waals surface area contributed by atoms with Gasteiger partial charge in [-0.15, -0.1) is 0 Å². The second-order valence-electron chi connectivity index (χ2n) is 6.85. The first-order valence-electron chi connectivity index (χ1n) is 9.60. The summed E-state index contributed by atoms with van der Waals surface area (Å²) in [6.45, 7) is 0.897. The predicted molar refractivity (Wildman–Crippen MR) is 125 cm³/mol. The lowest BCUT2D eigenvalue weighted by atomic mass is 10.1. The summed E-state index contributed by atoms with van der Waals surface area (Å²) >= 11 is 12.8. The molecule has 0 radical (unpaired) electrons. The molecule has 0 aromatic heterocycles. The molecule has 5 heteroatoms. The van der Waals surface area contributed by atoms with E-state index in [0.29, 0.717) is 34.7 Å². The van der Waals surface area contributed by atoms with Crippen LogP contribution in [0.2, 0.25) is 10.0 Å². The average molecular weight is 438 g/mol. The van der Waals surface area contributed by atoms with Gasteiger partial charge in [-0.25, -0.2) is 0 Å². The van der Waals surface area contributed by atoms with Gasteiger partial charge < -0.3 is 14.8 Å². The molecule has 4 rings (SSSR count). The van der Waals surface area contributed by atoms with E-state index in [0.717, 1.165) is 16.8 Å². The lowest BCUT2D eigenvalue weighted by molar-refractivity contribution is 0.284. The number of fused-ring (bicyclic) bond motifs is 1. The van der Waals surface area contributed by atoms with Crippen LogP contribution in [0, 0.1) is 0 Å². The van der Waals surface area contributed by atoms with Crippen molar-refractivity contribution in [2.45, 2.75) is 13.2 Å². The van der Waals surface area contributed by atoms with Crippen LogP contribution in [0.5, 0.6) is 11.5 Å². The molecule has 0 aliphatic heterocycles. The number of halogens is 2. The molecule has 0 aliphatic carbocycles. The Morgan fingerprint density at radius 3 is 2.37 bits per heavy atom. The molecule has 0 saturated carbocycles. The van der Waals surface area contributed by atoms with Crippen LogP contribution in [0.25, 0.3) is 10.8 Å². The molecule has 4 aromatic carbocycles. The lowest BCUT2D eigenvalue weighted by Crippen LogP contribution is -2.03. The largest absolute Gasteiger partial charge is 0.493 e. The standard InChI is InChI=1S/C25H21Cl2NO2/c1-29-24-13-19(15-28-23-12-6-9-17-7-2-4-10-20(17)23)22(27)14-25(24)30-16-18-8-3-5-11-21(18)26/h2-14,28H,15-16H2,1H3. The molecule has 3 nitrogen and oxygen atoms in total. The molecule has 0 heterocycles. The zero-order chi connectivity index (χ0) is 20.9. The number of hydrogen-bond donors (Lipinski definition) is 1. The molecule has 0 atom stereocenters. The smallest absolute Gasteiger partial charge is 0.163 e. The number of anilines is 1. The van der Waals surface area contributed by atoms with Gasteiger partial charge in [0.05, 0.1) is 7.11 Å². The van der Waals surface area contributed by atoms with Crippen molar-refractivity contribution < 1.29 is 9.47 Å². The van der Waals surface area contributed by atoms with E-state index in [1.165, 1.54) is 10.8 Å². The topological polar surface area (TPSA) is 30.5 Å². The van der Waals surface area contributed by atoms with E-state index in [9.17, 15) is 0 Å². The summed E-state index contributed by atoms with van der Waals surface area (Å²) in [5, 5.41) is 7.12. The fraction of sp³-hybridized carbons (Fsp3) is 0.120. The minimum atomic E-state index is 0.333. The Kier molecular flexibility index (Phi) is 6.32. The number of nitrogens with one attached hydrogen (secondary N) is 1. The molecule has 30 heavy (non-hydrogen) atoms. The van der Waals surface area contributed by atoms with E-state index in [2.05, 4.69) is 29.6 Å². The van der Waals surface area contributed by atoms with E-state index in [4.69, 9.17) is 32.7 Å². The summed E-state index contributed by atoms with van der Waals surface area (Å²) in [6, 6.07) is 25.8. The molecule has 4 aromatic rings. The normalized spacial score (nSPS) is 10.8. The Labute approximate surface area is 186 Å². The summed E-state index contributed by atoms with van der Waals surface area (Å²) in [4.78, 5) is 0. The van der Waals surface area contributed by atoms with Crippen molar-refractivity contribution in [3.05, 3.63) is 100 Å². The highest BCUT2D eigenvalue weighted by Crippen LogP contribution is 2.35. The number of ether oxygens (including phenoxy) is 2. The lowest BCUT2D eigenvalue weighted by Gasteiger charge is -2.16. The van der Waals surface area contributed by atoms with Gasteiger partial charge in [-0.2, -0.15) is 0 Å². The maximum atomic E-state index is 6.55. The summed E-state index contributed by atoms with van der Waals surface area (Å²) < 4.78 is 11.5. The second kappa shape index (κ2) is 9.29. The van der Waals surface area contributed by atoms with Crippen LogP contribution < -0.4 is 14.8 Å². The van der Waals surface area contributed by atoms with Gasteiger partial charge in [0.2, 0.25) is 0 Å². The molecule has 152 valence electrons. The van der Waals surface area contributed by atoms with Crippen LogP contribution in [-0.4, -0.2) is 7.11 Å². The van der Waals surface area contributed by atoms with E-state index in [1.807, 2.05) is 48.5 Å². The van der Waals surface area contributed by atoms with Gasteiger partial charge in [0.1, 0.15) is 6.61 Å². The number of rotatable bonds is 7. The predicted octanol–water partition coefficient (Wildman–Crippen LogP) is 7.35. The van der Waals surface area contributed by atoms with E-state index in [1.54, 1.807) is 13.2 Å². The highest BCUT2D eigenvalue weighted by atomic mass is 35.5. The average Bonchev–Trinajstić information content (AvgIpc) is 2.78. The van der Waals surface area contributed by atoms with Crippen LogP contribution >= 0.6 is 23.2 Å². The van der Waals surface area contributed by atoms with Gasteiger partial charge in [-0.1, -0.05) is 77.8 Å². The van der Waals surface area contributed by atoms with Crippen LogP contribution in [-0.2, 0) is 13.2 Å². The maximum absolute atomic E-state index is 6.55. The number of hydrogen-bond acceptors (Lipinski definition) is 3. The quantitative estimate of drug-likeness (QED) is 0.327. The summed E-state index contributed by atoms with van der Waals surface area (Å²) in [5.74, 6) is 1.21. The Balaban J connectivity index is 1.52. The molecular weight excluding hydrogens is 417 g/mol. The third-order valence-electron chi connectivity index (χ3n) is 4.93. The first-order valence-corrected chi connectivity index (χ1v) is 10.4. The van der Waals surface area contributed by atoms with Crippen LogP contribution in [0.3, 0.4) is 0 Å². The van der Waals surface area contributed by atoms with Gasteiger partial charge in [-0.3, -0.25) is 0 Å². The van der Waals surface area contributed by atoms with Crippen LogP contribution in [0.1, 0.15) is 11.1 Å². The Morgan fingerprint density at radius 2 is 1.53 bits per heavy atom. The summed E-state index contributed by atoms with van der Waals surface area (Å²) in [7, 11) is 1.62. The van der Waals surface area contributed by atoms with Gasteiger partial charge >= 0.3 is 0 Å². The Bertz CT molecular complexity index is 1170. The molecule has 0 saturated heterocycles. The van der Waals surface area contributed by atoms with Gasteiger partial charge in [0.15, 0.2) is 11.5 Å². The summed E-state index contributed by atoms with van der Waals surface area (Å²) in [5.41, 5.74) is 2.88. The molecule has 0 amide bonds. The van der Waals surface area contributed by atoms with Crippen molar-refractivity contribution in [3.63, 3.8) is 0 Å². The van der Waals surface area contributed by atoms with Crippen molar-refractivity contribution in [1.82, 2.24) is 0 Å². The minimum Gasteiger partial charge on any atom is -0.493 e. The van der Waals surface area contributed by atoms with Crippen molar-refractivity contribution in [2.24, 2.45) is 0 Å². The van der Waals surface area contributed by atoms with E-state index < -0.39 is 0 Å². The molecule has 0 fully saturated rings. The number of benzene rings is 4. The van der Waals surface area contributed by atoms with Crippen LogP contribution in [0.4, 0.5) is 5.69 Å². The molecule has 1 N–H and O–H groups in total. The third kappa shape index (κ3) is 4.48. The third-order valence-corrected chi connectivity index (χ3v) is 5.65. The van der Waals surface area contributed by atoms with Crippen molar-refractivity contribution in [2.75, 3.05) is 12.4 Å². The highest BCUT2D eigenvalue weighted by molar-refractivity contribution is 6.31. The minimum absolute atomic E-state index is 0.333. The first kappa shape index (κ1) is 20.4. The fourth-order valence-electron chi connectivity index (χ4n) is 3.33. The van der Waals surface area contributed by atoms with E-state index >= 15 is 0 Å². The van der Waals surface area contributed by atoms with Crippen molar-refractivity contribution in [3.8, 4) is 11.5 Å². The Morgan fingerprint density at radius 1 is 0.767 bits per heavy atom. The first-order chi connectivity index (χ1) is 14.7. The zero-order valence-electron chi connectivity index (χ0n) is 16.5. The molecule has 0 bridgehead atoms. The van der Waals surface area contributed by atoms with Gasteiger partial charge in [0.25, 0.3) is 0 Å².